The molecule has 0 unspecified atom stereocenters. The van der Waals surface area contributed by atoms with Gasteiger partial charge in [-0.15, -0.1) is 0 Å². The summed E-state index contributed by atoms with van der Waals surface area (Å²) in [5.74, 6) is 2.36. The van der Waals surface area contributed by atoms with Crippen LogP contribution in [0.4, 0.5) is 0 Å². The summed E-state index contributed by atoms with van der Waals surface area (Å²) in [5.41, 5.74) is 1.21. The summed E-state index contributed by atoms with van der Waals surface area (Å²) in [6.45, 7) is 7.84. The van der Waals surface area contributed by atoms with Crippen LogP contribution >= 0.6 is 11.8 Å². The van der Waals surface area contributed by atoms with Gasteiger partial charge in [-0.3, -0.25) is 4.99 Å². The Labute approximate surface area is 98.2 Å². The molecule has 0 aromatic rings. The molecule has 0 saturated heterocycles. The molecule has 0 rings (SSSR count). The fourth-order valence-electron chi connectivity index (χ4n) is 0.996. The van der Waals surface area contributed by atoms with Gasteiger partial charge in [0, 0.05) is 25.1 Å². The minimum Gasteiger partial charge on any atom is -0.382 e. The van der Waals surface area contributed by atoms with Gasteiger partial charge in [-0.2, -0.15) is 11.8 Å². The minimum atomic E-state index is 0.833. The van der Waals surface area contributed by atoms with Crippen LogP contribution in [0.3, 0.4) is 0 Å². The highest BCUT2D eigenvalue weighted by Gasteiger charge is 1.93. The summed E-state index contributed by atoms with van der Waals surface area (Å²) in [6.07, 6.45) is 6.06. The molecule has 0 fully saturated rings. The van der Waals surface area contributed by atoms with Crippen molar-refractivity contribution in [2.24, 2.45) is 4.99 Å². The van der Waals surface area contributed by atoms with E-state index in [9.17, 15) is 0 Å². The van der Waals surface area contributed by atoms with Crippen molar-refractivity contribution in [1.82, 2.24) is 0 Å². The third-order valence-electron chi connectivity index (χ3n) is 1.83. The third-order valence-corrected chi connectivity index (χ3v) is 2.90. The van der Waals surface area contributed by atoms with Gasteiger partial charge >= 0.3 is 0 Å². The number of hydrogen-bond donors (Lipinski definition) is 0. The Bertz CT molecular complexity index is 190. The summed E-state index contributed by atoms with van der Waals surface area (Å²) < 4.78 is 5.27. The zero-order valence-corrected chi connectivity index (χ0v) is 11.0. The highest BCUT2D eigenvalue weighted by molar-refractivity contribution is 7.99. The molecule has 0 N–H and O–H groups in total. The average molecular weight is 229 g/mol. The molecule has 0 amide bonds. The van der Waals surface area contributed by atoms with Gasteiger partial charge in [-0.25, -0.2) is 0 Å². The van der Waals surface area contributed by atoms with E-state index in [1.807, 2.05) is 37.9 Å². The molecule has 0 atom stereocenters. The molecule has 0 aliphatic heterocycles. The van der Waals surface area contributed by atoms with E-state index in [1.165, 1.54) is 17.2 Å². The zero-order valence-electron chi connectivity index (χ0n) is 10.2. The summed E-state index contributed by atoms with van der Waals surface area (Å²) in [5, 5.41) is 0. The monoisotopic (exact) mass is 229 g/mol. The Morgan fingerprint density at radius 2 is 2.20 bits per heavy atom. The first-order chi connectivity index (χ1) is 7.31. The van der Waals surface area contributed by atoms with Gasteiger partial charge in [-0.1, -0.05) is 6.08 Å². The molecule has 0 aromatic heterocycles. The fourth-order valence-corrected chi connectivity index (χ4v) is 1.96. The van der Waals surface area contributed by atoms with Crippen molar-refractivity contribution in [3.05, 3.63) is 12.3 Å². The van der Waals surface area contributed by atoms with Gasteiger partial charge in [0.1, 0.15) is 0 Å². The number of hydrogen-bond acceptors (Lipinski definition) is 3. The maximum absolute atomic E-state index is 5.27. The molecule has 0 aliphatic carbocycles. The molecular weight excluding hydrogens is 206 g/mol. The van der Waals surface area contributed by atoms with Crippen LogP contribution in [0.5, 0.6) is 0 Å². The SMILES string of the molecule is C/C=C\N=C(/C)CCSCCCOCC. The van der Waals surface area contributed by atoms with E-state index in [-0.39, 0.29) is 0 Å². The number of aliphatic imine (C=N–C) groups is 1. The van der Waals surface area contributed by atoms with Crippen molar-refractivity contribution >= 4 is 17.5 Å². The number of rotatable bonds is 9. The Morgan fingerprint density at radius 1 is 1.40 bits per heavy atom. The van der Waals surface area contributed by atoms with Crippen molar-refractivity contribution < 1.29 is 4.74 Å². The molecule has 0 radical (unpaired) electrons. The molecule has 15 heavy (non-hydrogen) atoms. The number of ether oxygens (including phenoxy) is 1. The van der Waals surface area contributed by atoms with Gasteiger partial charge in [0.15, 0.2) is 0 Å². The van der Waals surface area contributed by atoms with Crippen LogP contribution in [-0.4, -0.2) is 30.4 Å². The summed E-state index contributed by atoms with van der Waals surface area (Å²) >= 11 is 1.98. The highest BCUT2D eigenvalue weighted by Crippen LogP contribution is 2.05. The lowest BCUT2D eigenvalue weighted by Gasteiger charge is -2.01. The Kier molecular flexibility index (Phi) is 11.6. The first kappa shape index (κ1) is 14.7. The Morgan fingerprint density at radius 3 is 2.87 bits per heavy atom. The van der Waals surface area contributed by atoms with Crippen molar-refractivity contribution in [1.29, 1.82) is 0 Å². The number of allylic oxidation sites excluding steroid dienone is 1. The first-order valence-corrected chi connectivity index (χ1v) is 6.76. The smallest absolute Gasteiger partial charge is 0.0473 e. The molecule has 3 heteroatoms. The summed E-state index contributed by atoms with van der Waals surface area (Å²) in [4.78, 5) is 4.29. The number of nitrogens with zero attached hydrogens (tertiary/aromatic N) is 1. The van der Waals surface area contributed by atoms with Gasteiger partial charge in [0.2, 0.25) is 0 Å². The minimum absolute atomic E-state index is 0.833. The highest BCUT2D eigenvalue weighted by atomic mass is 32.2. The van der Waals surface area contributed by atoms with E-state index in [1.54, 1.807) is 0 Å². The van der Waals surface area contributed by atoms with Crippen LogP contribution < -0.4 is 0 Å². The molecule has 0 aromatic carbocycles. The van der Waals surface area contributed by atoms with Crippen LogP contribution in [-0.2, 0) is 4.74 Å². The van der Waals surface area contributed by atoms with Gasteiger partial charge in [-0.05, 0) is 45.1 Å². The third kappa shape index (κ3) is 11.6. The second-order valence-corrected chi connectivity index (χ2v) is 4.48. The normalized spacial score (nSPS) is 12.6. The van der Waals surface area contributed by atoms with Crippen molar-refractivity contribution in [2.45, 2.75) is 33.6 Å². The van der Waals surface area contributed by atoms with E-state index < -0.39 is 0 Å². The molecule has 0 heterocycles. The fraction of sp³-hybridized carbons (Fsp3) is 0.750. The first-order valence-electron chi connectivity index (χ1n) is 5.61. The summed E-state index contributed by atoms with van der Waals surface area (Å²) in [6, 6.07) is 0. The Balaban J connectivity index is 3.23. The van der Waals surface area contributed by atoms with Gasteiger partial charge in [0.05, 0.1) is 0 Å². The molecule has 0 bridgehead atoms. The van der Waals surface area contributed by atoms with Gasteiger partial charge in [0.25, 0.3) is 0 Å². The predicted molar refractivity (Wildman–Crippen MR) is 71.0 cm³/mol. The predicted octanol–water partition coefficient (Wildman–Crippen LogP) is 3.53. The van der Waals surface area contributed by atoms with Crippen LogP contribution in [0.15, 0.2) is 17.3 Å². The van der Waals surface area contributed by atoms with Crippen LogP contribution in [0.1, 0.15) is 33.6 Å². The van der Waals surface area contributed by atoms with Crippen LogP contribution in [0.2, 0.25) is 0 Å². The Hall–Kier alpha value is -0.280. The van der Waals surface area contributed by atoms with Crippen molar-refractivity contribution in [3.63, 3.8) is 0 Å². The van der Waals surface area contributed by atoms with E-state index in [0.29, 0.717) is 0 Å². The van der Waals surface area contributed by atoms with E-state index >= 15 is 0 Å². The molecule has 2 nitrogen and oxygen atoms in total. The summed E-state index contributed by atoms with van der Waals surface area (Å²) in [7, 11) is 0. The van der Waals surface area contributed by atoms with Crippen molar-refractivity contribution in [2.75, 3.05) is 24.7 Å². The zero-order chi connectivity index (χ0) is 11.4. The van der Waals surface area contributed by atoms with E-state index in [0.717, 1.165) is 26.1 Å². The van der Waals surface area contributed by atoms with E-state index in [4.69, 9.17) is 4.74 Å². The number of thioether (sulfide) groups is 1. The maximum Gasteiger partial charge on any atom is 0.0473 e. The maximum atomic E-state index is 5.27. The van der Waals surface area contributed by atoms with E-state index in [2.05, 4.69) is 11.9 Å². The molecule has 0 aliphatic rings. The van der Waals surface area contributed by atoms with Crippen molar-refractivity contribution in [3.8, 4) is 0 Å². The largest absolute Gasteiger partial charge is 0.382 e. The molecule has 0 saturated carbocycles. The quantitative estimate of drug-likeness (QED) is 0.445. The standard InChI is InChI=1S/C12H23NOS/c1-4-8-13-12(3)7-11-15-10-6-9-14-5-2/h4,8H,5-7,9-11H2,1-3H3/b8-4-,13-12+. The van der Waals surface area contributed by atoms with Crippen LogP contribution in [0, 0.1) is 0 Å². The second-order valence-electron chi connectivity index (χ2n) is 3.26. The molecule has 88 valence electrons. The lowest BCUT2D eigenvalue weighted by atomic mass is 10.3. The topological polar surface area (TPSA) is 21.6 Å². The lowest BCUT2D eigenvalue weighted by molar-refractivity contribution is 0.149. The lowest BCUT2D eigenvalue weighted by Crippen LogP contribution is -1.97. The van der Waals surface area contributed by atoms with Crippen LogP contribution in [0.25, 0.3) is 0 Å². The molecular formula is C12H23NOS. The van der Waals surface area contributed by atoms with Gasteiger partial charge < -0.3 is 4.74 Å². The second kappa shape index (κ2) is 11.8. The average Bonchev–Trinajstić information content (AvgIpc) is 2.25. The molecule has 0 spiro atoms.